The van der Waals surface area contributed by atoms with E-state index in [2.05, 4.69) is 9.94 Å². The average Bonchev–Trinajstić information content (AvgIpc) is 2.43. The summed E-state index contributed by atoms with van der Waals surface area (Å²) >= 11 is 0. The maximum atomic E-state index is 12.2. The predicted molar refractivity (Wildman–Crippen MR) is 42.1 cm³/mol. The van der Waals surface area contributed by atoms with E-state index in [1.54, 1.807) is 0 Å². The number of rotatable bonds is 3. The van der Waals surface area contributed by atoms with Crippen molar-refractivity contribution < 1.29 is 18.0 Å². The Bertz CT molecular complexity index is 308. The molecule has 0 radical (unpaired) electrons. The lowest BCUT2D eigenvalue weighted by Gasteiger charge is -1.99. The van der Waals surface area contributed by atoms with Crippen LogP contribution in [0.1, 0.15) is 11.4 Å². The van der Waals surface area contributed by atoms with Crippen molar-refractivity contribution in [3.63, 3.8) is 0 Å². The summed E-state index contributed by atoms with van der Waals surface area (Å²) in [7, 11) is 1.45. The van der Waals surface area contributed by atoms with Gasteiger partial charge >= 0.3 is 6.18 Å². The van der Waals surface area contributed by atoms with Crippen LogP contribution in [0.5, 0.6) is 0 Å². The van der Waals surface area contributed by atoms with Gasteiger partial charge in [-0.15, -0.1) is 0 Å². The second-order valence-electron chi connectivity index (χ2n) is 2.76. The van der Waals surface area contributed by atoms with Gasteiger partial charge in [-0.25, -0.2) is 5.90 Å². The summed E-state index contributed by atoms with van der Waals surface area (Å²) in [4.78, 5) is 4.27. The molecule has 2 N–H and O–H groups in total. The van der Waals surface area contributed by atoms with Crippen LogP contribution in [0.3, 0.4) is 0 Å². The first-order valence-electron chi connectivity index (χ1n) is 3.87. The minimum Gasteiger partial charge on any atom is -0.304 e. The van der Waals surface area contributed by atoms with Crippen molar-refractivity contribution in [2.45, 2.75) is 12.6 Å². The van der Waals surface area contributed by atoms with Gasteiger partial charge in [0.25, 0.3) is 0 Å². The smallest absolute Gasteiger partial charge is 0.304 e. The third kappa shape index (κ3) is 2.46. The third-order valence-corrected chi connectivity index (χ3v) is 1.74. The Morgan fingerprint density at radius 3 is 2.64 bits per heavy atom. The molecule has 0 amide bonds. The van der Waals surface area contributed by atoms with Crippen molar-refractivity contribution >= 4 is 0 Å². The van der Waals surface area contributed by atoms with Gasteiger partial charge in [-0.3, -0.25) is 4.68 Å². The summed E-state index contributed by atoms with van der Waals surface area (Å²) in [6.45, 7) is 0.164. The summed E-state index contributed by atoms with van der Waals surface area (Å²) in [6.07, 6.45) is -4.10. The molecule has 0 atom stereocenters. The number of hydrogen-bond donors (Lipinski definition) is 1. The molecule has 0 spiro atoms. The topological polar surface area (TPSA) is 53.1 Å². The Morgan fingerprint density at radius 2 is 2.21 bits per heavy atom. The van der Waals surface area contributed by atoms with Gasteiger partial charge in [-0.1, -0.05) is 0 Å². The van der Waals surface area contributed by atoms with Crippen molar-refractivity contribution in [1.29, 1.82) is 0 Å². The molecule has 0 bridgehead atoms. The van der Waals surface area contributed by atoms with Crippen LogP contribution in [0.4, 0.5) is 13.2 Å². The van der Waals surface area contributed by atoms with Crippen LogP contribution in [0.2, 0.25) is 0 Å². The fourth-order valence-electron chi connectivity index (χ4n) is 1.04. The highest BCUT2D eigenvalue weighted by atomic mass is 19.4. The summed E-state index contributed by atoms with van der Waals surface area (Å²) in [5.41, 5.74) is -0.463. The Labute approximate surface area is 78.4 Å². The Hall–Kier alpha value is -1.08. The van der Waals surface area contributed by atoms with Crippen LogP contribution in [0, 0.1) is 0 Å². The molecule has 4 nitrogen and oxygen atoms in total. The molecule has 0 saturated heterocycles. The molecule has 0 saturated carbocycles. The van der Waals surface area contributed by atoms with E-state index in [4.69, 9.17) is 5.90 Å². The van der Waals surface area contributed by atoms with E-state index in [0.29, 0.717) is 12.1 Å². The lowest BCUT2D eigenvalue weighted by atomic mass is 10.3. The van der Waals surface area contributed by atoms with Gasteiger partial charge in [0.2, 0.25) is 0 Å². The van der Waals surface area contributed by atoms with Crippen LogP contribution in [0.25, 0.3) is 0 Å². The van der Waals surface area contributed by atoms with E-state index in [9.17, 15) is 13.2 Å². The van der Waals surface area contributed by atoms with E-state index in [1.165, 1.54) is 11.7 Å². The van der Waals surface area contributed by atoms with E-state index < -0.39 is 11.9 Å². The number of aryl methyl sites for hydroxylation is 1. The van der Waals surface area contributed by atoms with E-state index in [0.717, 1.165) is 6.07 Å². The molecule has 1 heterocycles. The number of alkyl halides is 3. The fourth-order valence-corrected chi connectivity index (χ4v) is 1.04. The maximum absolute atomic E-state index is 12.2. The second-order valence-corrected chi connectivity index (χ2v) is 2.76. The largest absolute Gasteiger partial charge is 0.435 e. The molecule has 1 aromatic rings. The summed E-state index contributed by atoms with van der Waals surface area (Å²) < 4.78 is 37.7. The lowest BCUT2D eigenvalue weighted by Crippen LogP contribution is -2.07. The van der Waals surface area contributed by atoms with Gasteiger partial charge in [-0.2, -0.15) is 18.3 Å². The Balaban J connectivity index is 2.82. The number of nitrogens with two attached hydrogens (primary N) is 1. The van der Waals surface area contributed by atoms with Crippen LogP contribution in [0.15, 0.2) is 6.07 Å². The first kappa shape index (κ1) is 11.0. The molecule has 0 aliphatic heterocycles. The molecule has 0 fully saturated rings. The zero-order chi connectivity index (χ0) is 10.8. The molecule has 80 valence electrons. The van der Waals surface area contributed by atoms with Crippen LogP contribution in [-0.2, 0) is 24.5 Å². The summed E-state index contributed by atoms with van der Waals surface area (Å²) in [5, 5.41) is 3.33. The molecule has 0 aliphatic carbocycles. The quantitative estimate of drug-likeness (QED) is 0.751. The molecular weight excluding hydrogens is 199 g/mol. The molecule has 0 unspecified atom stereocenters. The van der Waals surface area contributed by atoms with E-state index in [1.807, 2.05) is 0 Å². The van der Waals surface area contributed by atoms with Crippen molar-refractivity contribution in [1.82, 2.24) is 9.78 Å². The first-order valence-corrected chi connectivity index (χ1v) is 3.87. The first-order chi connectivity index (χ1) is 6.45. The van der Waals surface area contributed by atoms with Crippen molar-refractivity contribution in [3.05, 3.63) is 17.5 Å². The van der Waals surface area contributed by atoms with Gasteiger partial charge in [0.15, 0.2) is 5.69 Å². The Morgan fingerprint density at radius 1 is 1.57 bits per heavy atom. The zero-order valence-corrected chi connectivity index (χ0v) is 7.51. The highest BCUT2D eigenvalue weighted by Gasteiger charge is 2.34. The van der Waals surface area contributed by atoms with Crippen LogP contribution >= 0.6 is 0 Å². The molecule has 14 heavy (non-hydrogen) atoms. The summed E-state index contributed by atoms with van der Waals surface area (Å²) in [5.74, 6) is 4.77. The van der Waals surface area contributed by atoms with Gasteiger partial charge in [-0.05, 0) is 6.07 Å². The van der Waals surface area contributed by atoms with Crippen molar-refractivity contribution in [3.8, 4) is 0 Å². The molecule has 7 heteroatoms. The molecule has 1 aromatic heterocycles. The minimum atomic E-state index is -4.40. The van der Waals surface area contributed by atoms with Crippen LogP contribution < -0.4 is 5.90 Å². The monoisotopic (exact) mass is 209 g/mol. The van der Waals surface area contributed by atoms with Gasteiger partial charge in [0, 0.05) is 19.2 Å². The van der Waals surface area contributed by atoms with E-state index in [-0.39, 0.29) is 6.61 Å². The number of aromatic nitrogens is 2. The highest BCUT2D eigenvalue weighted by Crippen LogP contribution is 2.28. The number of nitrogens with zero attached hydrogens (tertiary/aromatic N) is 2. The maximum Gasteiger partial charge on any atom is 0.435 e. The van der Waals surface area contributed by atoms with Crippen molar-refractivity contribution in [2.75, 3.05) is 6.61 Å². The second kappa shape index (κ2) is 3.97. The van der Waals surface area contributed by atoms with Gasteiger partial charge in [0.1, 0.15) is 0 Å². The van der Waals surface area contributed by atoms with Crippen molar-refractivity contribution in [2.24, 2.45) is 12.9 Å². The zero-order valence-electron chi connectivity index (χ0n) is 7.51. The molecular formula is C7H10F3N3O. The lowest BCUT2D eigenvalue weighted by molar-refractivity contribution is -0.141. The van der Waals surface area contributed by atoms with Crippen LogP contribution in [-0.4, -0.2) is 16.4 Å². The van der Waals surface area contributed by atoms with Gasteiger partial charge in [0.05, 0.1) is 6.61 Å². The Kier molecular flexibility index (Phi) is 3.12. The third-order valence-electron chi connectivity index (χ3n) is 1.74. The average molecular weight is 209 g/mol. The van der Waals surface area contributed by atoms with Gasteiger partial charge < -0.3 is 4.84 Å². The molecule has 0 aliphatic rings. The fraction of sp³-hybridized carbons (Fsp3) is 0.571. The standard InChI is InChI=1S/C7H10F3N3O/c1-13-5(2-3-14-11)4-6(12-13)7(8,9)10/h4H,2-3,11H2,1H3. The normalized spacial score (nSPS) is 12.1. The highest BCUT2D eigenvalue weighted by molar-refractivity contribution is 5.13. The SMILES string of the molecule is Cn1nc(C(F)(F)F)cc1CCON. The van der Waals surface area contributed by atoms with E-state index >= 15 is 0 Å². The minimum absolute atomic E-state index is 0.164. The predicted octanol–water partition coefficient (Wildman–Crippen LogP) is 0.872. The molecule has 0 aromatic carbocycles. The number of hydrogen-bond acceptors (Lipinski definition) is 3. The summed E-state index contributed by atoms with van der Waals surface area (Å²) in [6, 6.07) is 0.985. The molecule has 1 rings (SSSR count). The number of halogens is 3.